The molecule has 110 valence electrons. The maximum Gasteiger partial charge on any atom is 0.416 e. The zero-order chi connectivity index (χ0) is 15.6. The van der Waals surface area contributed by atoms with Crippen molar-refractivity contribution in [2.24, 2.45) is 0 Å². The van der Waals surface area contributed by atoms with Gasteiger partial charge in [0.05, 0.1) is 11.1 Å². The predicted molar refractivity (Wildman–Crippen MR) is 78.0 cm³/mol. The molecule has 0 radical (unpaired) electrons. The Bertz CT molecular complexity index is 686. The molecule has 0 heterocycles. The molecule has 0 unspecified atom stereocenters. The number of rotatable bonds is 2. The van der Waals surface area contributed by atoms with Crippen molar-refractivity contribution in [1.82, 2.24) is 0 Å². The van der Waals surface area contributed by atoms with Gasteiger partial charge in [0.2, 0.25) is 0 Å². The van der Waals surface area contributed by atoms with Crippen molar-refractivity contribution in [2.45, 2.75) is 6.18 Å². The van der Waals surface area contributed by atoms with Gasteiger partial charge in [0.15, 0.2) is 0 Å². The topological polar surface area (TPSA) is 55.1 Å². The van der Waals surface area contributed by atoms with Crippen molar-refractivity contribution in [3.8, 4) is 0 Å². The fourth-order valence-corrected chi connectivity index (χ4v) is 2.12. The third-order valence-electron chi connectivity index (χ3n) is 2.68. The molecule has 0 spiro atoms. The van der Waals surface area contributed by atoms with Crippen molar-refractivity contribution >= 4 is 33.2 Å². The number of carbonyl (C=O) groups excluding carboxylic acids is 1. The number of nitrogens with two attached hydrogens (primary N) is 1. The van der Waals surface area contributed by atoms with E-state index in [4.69, 9.17) is 5.73 Å². The highest BCUT2D eigenvalue weighted by molar-refractivity contribution is 9.10. The molecule has 3 N–H and O–H groups in total. The van der Waals surface area contributed by atoms with E-state index in [9.17, 15) is 18.0 Å². The van der Waals surface area contributed by atoms with E-state index in [1.54, 1.807) is 18.2 Å². The SMILES string of the molecule is Nc1cccc(NC(=O)c2cc(C(F)(F)F)ccc2Br)c1. The van der Waals surface area contributed by atoms with Gasteiger partial charge >= 0.3 is 6.18 Å². The van der Waals surface area contributed by atoms with Crippen LogP contribution in [0.4, 0.5) is 24.5 Å². The minimum absolute atomic E-state index is 0.104. The first-order valence-electron chi connectivity index (χ1n) is 5.81. The lowest BCUT2D eigenvalue weighted by atomic mass is 10.1. The van der Waals surface area contributed by atoms with Gasteiger partial charge in [-0.3, -0.25) is 4.79 Å². The number of carbonyl (C=O) groups is 1. The molecule has 2 rings (SSSR count). The lowest BCUT2D eigenvalue weighted by molar-refractivity contribution is -0.137. The molecule has 21 heavy (non-hydrogen) atoms. The van der Waals surface area contributed by atoms with E-state index in [1.807, 2.05) is 0 Å². The molecule has 0 aliphatic carbocycles. The molecule has 0 aromatic heterocycles. The van der Waals surface area contributed by atoms with Crippen LogP contribution in [0.5, 0.6) is 0 Å². The van der Waals surface area contributed by atoms with Crippen LogP contribution in [0.25, 0.3) is 0 Å². The highest BCUT2D eigenvalue weighted by Crippen LogP contribution is 2.32. The van der Waals surface area contributed by atoms with Crippen LogP contribution in [0.15, 0.2) is 46.9 Å². The number of nitrogens with one attached hydrogen (secondary N) is 1. The van der Waals surface area contributed by atoms with E-state index in [2.05, 4.69) is 21.2 Å². The summed E-state index contributed by atoms with van der Waals surface area (Å²) in [6, 6.07) is 9.27. The van der Waals surface area contributed by atoms with Gasteiger partial charge in [-0.25, -0.2) is 0 Å². The fourth-order valence-electron chi connectivity index (χ4n) is 1.69. The number of alkyl halides is 3. The Morgan fingerprint density at radius 3 is 2.48 bits per heavy atom. The van der Waals surface area contributed by atoms with Gasteiger partial charge in [0.25, 0.3) is 5.91 Å². The zero-order valence-electron chi connectivity index (χ0n) is 10.5. The molecule has 0 saturated carbocycles. The third-order valence-corrected chi connectivity index (χ3v) is 3.37. The first-order valence-corrected chi connectivity index (χ1v) is 6.60. The molecule has 2 aromatic carbocycles. The first kappa shape index (κ1) is 15.4. The smallest absolute Gasteiger partial charge is 0.399 e. The summed E-state index contributed by atoms with van der Waals surface area (Å²) in [5.41, 5.74) is 5.43. The van der Waals surface area contributed by atoms with Gasteiger partial charge in [0, 0.05) is 15.8 Å². The molecule has 0 aliphatic heterocycles. The number of amides is 1. The van der Waals surface area contributed by atoms with Gasteiger partial charge in [-0.15, -0.1) is 0 Å². The van der Waals surface area contributed by atoms with Gasteiger partial charge in [0.1, 0.15) is 0 Å². The number of benzene rings is 2. The number of anilines is 2. The van der Waals surface area contributed by atoms with E-state index < -0.39 is 17.6 Å². The van der Waals surface area contributed by atoms with Gasteiger partial charge in [-0.1, -0.05) is 6.07 Å². The minimum atomic E-state index is -4.51. The fraction of sp³-hybridized carbons (Fsp3) is 0.0714. The second-order valence-electron chi connectivity index (χ2n) is 4.27. The normalized spacial score (nSPS) is 11.2. The summed E-state index contributed by atoms with van der Waals surface area (Å²) in [5.74, 6) is -0.654. The molecule has 1 amide bonds. The molecule has 0 fully saturated rings. The third kappa shape index (κ3) is 3.75. The molecule has 0 bridgehead atoms. The van der Waals surface area contributed by atoms with Crippen LogP contribution in [-0.4, -0.2) is 5.91 Å². The van der Waals surface area contributed by atoms with Crippen molar-refractivity contribution in [1.29, 1.82) is 0 Å². The Morgan fingerprint density at radius 1 is 1.14 bits per heavy atom. The Balaban J connectivity index is 2.31. The molecule has 2 aromatic rings. The van der Waals surface area contributed by atoms with Crippen LogP contribution in [0.2, 0.25) is 0 Å². The highest BCUT2D eigenvalue weighted by atomic mass is 79.9. The van der Waals surface area contributed by atoms with E-state index >= 15 is 0 Å². The van der Waals surface area contributed by atoms with E-state index in [-0.39, 0.29) is 10.0 Å². The van der Waals surface area contributed by atoms with Gasteiger partial charge < -0.3 is 11.1 Å². The maximum absolute atomic E-state index is 12.7. The van der Waals surface area contributed by atoms with Crippen molar-refractivity contribution in [2.75, 3.05) is 11.1 Å². The molecule has 7 heteroatoms. The monoisotopic (exact) mass is 358 g/mol. The largest absolute Gasteiger partial charge is 0.416 e. The second-order valence-corrected chi connectivity index (χ2v) is 5.13. The summed E-state index contributed by atoms with van der Waals surface area (Å²) in [5, 5.41) is 2.50. The Morgan fingerprint density at radius 2 is 1.86 bits per heavy atom. The van der Waals surface area contributed by atoms with Gasteiger partial charge in [-0.05, 0) is 52.3 Å². The summed E-state index contributed by atoms with van der Waals surface area (Å²) in [7, 11) is 0. The number of nitrogen functional groups attached to an aromatic ring is 1. The molecule has 0 saturated heterocycles. The maximum atomic E-state index is 12.7. The number of hydrogen-bond acceptors (Lipinski definition) is 2. The van der Waals surface area contributed by atoms with Crippen LogP contribution < -0.4 is 11.1 Å². The second kappa shape index (κ2) is 5.77. The quantitative estimate of drug-likeness (QED) is 0.786. The molecular weight excluding hydrogens is 349 g/mol. The number of hydrogen-bond donors (Lipinski definition) is 2. The summed E-state index contributed by atoms with van der Waals surface area (Å²) < 4.78 is 38.3. The van der Waals surface area contributed by atoms with E-state index in [1.165, 1.54) is 12.1 Å². The average Bonchev–Trinajstić information content (AvgIpc) is 2.37. The zero-order valence-corrected chi connectivity index (χ0v) is 12.1. The van der Waals surface area contributed by atoms with Gasteiger partial charge in [-0.2, -0.15) is 13.2 Å². The van der Waals surface area contributed by atoms with E-state index in [0.717, 1.165) is 12.1 Å². The minimum Gasteiger partial charge on any atom is -0.399 e. The summed E-state index contributed by atoms with van der Waals surface area (Å²) in [6.07, 6.45) is -4.51. The molecule has 0 aliphatic rings. The summed E-state index contributed by atoms with van der Waals surface area (Å²) >= 11 is 3.07. The van der Waals surface area contributed by atoms with Crippen LogP contribution in [0.3, 0.4) is 0 Å². The van der Waals surface area contributed by atoms with Crippen molar-refractivity contribution in [3.63, 3.8) is 0 Å². The van der Waals surface area contributed by atoms with E-state index in [0.29, 0.717) is 11.4 Å². The number of halogens is 4. The Kier molecular flexibility index (Phi) is 4.22. The van der Waals surface area contributed by atoms with Crippen LogP contribution in [0.1, 0.15) is 15.9 Å². The van der Waals surface area contributed by atoms with Crippen LogP contribution >= 0.6 is 15.9 Å². The van der Waals surface area contributed by atoms with Crippen LogP contribution in [0, 0.1) is 0 Å². The average molecular weight is 359 g/mol. The van der Waals surface area contributed by atoms with Crippen molar-refractivity contribution < 1.29 is 18.0 Å². The Labute approximate surface area is 127 Å². The lowest BCUT2D eigenvalue weighted by Crippen LogP contribution is -2.14. The first-order chi connectivity index (χ1) is 9.77. The predicted octanol–water partition coefficient (Wildman–Crippen LogP) is 4.30. The van der Waals surface area contributed by atoms with Crippen LogP contribution in [-0.2, 0) is 6.18 Å². The lowest BCUT2D eigenvalue weighted by Gasteiger charge is -2.11. The summed E-state index contributed by atoms with van der Waals surface area (Å²) in [4.78, 5) is 12.1. The Hall–Kier alpha value is -2.02. The highest BCUT2D eigenvalue weighted by Gasteiger charge is 2.31. The molecule has 0 atom stereocenters. The van der Waals surface area contributed by atoms with Crippen molar-refractivity contribution in [3.05, 3.63) is 58.1 Å². The standard InChI is InChI=1S/C14H10BrF3N2O/c15-12-5-4-8(14(16,17)18)6-11(12)13(21)20-10-3-1-2-9(19)7-10/h1-7H,19H2,(H,20,21). The molecule has 3 nitrogen and oxygen atoms in total. The molecular formula is C14H10BrF3N2O. The summed E-state index contributed by atoms with van der Waals surface area (Å²) in [6.45, 7) is 0.